The molecule has 0 fully saturated rings. The maximum atomic E-state index is 10.7. The standard InChI is InChI=1S/C12H15N.C7H16N4O2/c1-9-3-4-12(10(2)7-9)11-5-6-13-8-11;1-4(2)5(7(12)13)3-6(10-8)11-9/h3-5,7,13H,6,8H2,1-2H3;4-5H,3,8-9H2,1-2H3,(H,10,11)(H,12,13). The van der Waals surface area contributed by atoms with Crippen molar-refractivity contribution in [3.05, 3.63) is 41.0 Å². The Morgan fingerprint density at radius 1 is 1.38 bits per heavy atom. The van der Waals surface area contributed by atoms with Crippen molar-refractivity contribution in [2.75, 3.05) is 13.1 Å². The lowest BCUT2D eigenvalue weighted by molar-refractivity contribution is -0.142. The lowest BCUT2D eigenvalue weighted by atomic mass is 9.92. The van der Waals surface area contributed by atoms with Crippen LogP contribution in [0.5, 0.6) is 0 Å². The summed E-state index contributed by atoms with van der Waals surface area (Å²) in [6.45, 7) is 10.00. The molecule has 0 saturated heterocycles. The third-order valence-electron chi connectivity index (χ3n) is 4.39. The molecule has 144 valence electrons. The van der Waals surface area contributed by atoms with Crippen molar-refractivity contribution >= 4 is 17.4 Å². The number of amidine groups is 1. The summed E-state index contributed by atoms with van der Waals surface area (Å²) in [5.41, 5.74) is 7.82. The normalized spacial score (nSPS) is 15.2. The minimum atomic E-state index is -0.869. The Balaban J connectivity index is 0.000000260. The number of carbonyl (C=O) groups is 1. The van der Waals surface area contributed by atoms with Gasteiger partial charge in [-0.2, -0.15) is 5.10 Å². The maximum absolute atomic E-state index is 10.7. The average Bonchev–Trinajstić information content (AvgIpc) is 3.10. The van der Waals surface area contributed by atoms with E-state index in [4.69, 9.17) is 16.8 Å². The molecule has 0 amide bonds. The van der Waals surface area contributed by atoms with Crippen LogP contribution in [0.25, 0.3) is 5.57 Å². The van der Waals surface area contributed by atoms with Gasteiger partial charge in [0.15, 0.2) is 0 Å². The fourth-order valence-electron chi connectivity index (χ4n) is 2.82. The van der Waals surface area contributed by atoms with E-state index in [2.05, 4.69) is 54.0 Å². The molecule has 26 heavy (non-hydrogen) atoms. The summed E-state index contributed by atoms with van der Waals surface area (Å²) in [5.74, 6) is 8.99. The predicted octanol–water partition coefficient (Wildman–Crippen LogP) is 1.76. The van der Waals surface area contributed by atoms with Crippen molar-refractivity contribution in [3.63, 3.8) is 0 Å². The van der Waals surface area contributed by atoms with Crippen molar-refractivity contribution in [3.8, 4) is 0 Å². The Hall–Kier alpha value is -2.38. The number of hydrogen-bond donors (Lipinski definition) is 5. The molecule has 0 saturated carbocycles. The highest BCUT2D eigenvalue weighted by molar-refractivity contribution is 5.85. The fraction of sp³-hybridized carbons (Fsp3) is 0.474. The smallest absolute Gasteiger partial charge is 0.307 e. The highest BCUT2D eigenvalue weighted by Gasteiger charge is 2.23. The maximum Gasteiger partial charge on any atom is 0.307 e. The van der Waals surface area contributed by atoms with Crippen LogP contribution in [-0.4, -0.2) is 30.0 Å². The van der Waals surface area contributed by atoms with E-state index in [1.807, 2.05) is 13.8 Å². The van der Waals surface area contributed by atoms with E-state index in [1.54, 1.807) is 0 Å². The van der Waals surface area contributed by atoms with Gasteiger partial charge in [0, 0.05) is 19.5 Å². The lowest BCUT2D eigenvalue weighted by Crippen LogP contribution is -2.35. The predicted molar refractivity (Wildman–Crippen MR) is 106 cm³/mol. The molecule has 7 heteroatoms. The second-order valence-corrected chi connectivity index (χ2v) is 6.79. The number of carboxylic acid groups (broad SMARTS) is 1. The molecule has 0 radical (unpaired) electrons. The van der Waals surface area contributed by atoms with Gasteiger partial charge in [0.1, 0.15) is 5.84 Å². The van der Waals surface area contributed by atoms with Gasteiger partial charge >= 0.3 is 5.97 Å². The molecular weight excluding hydrogens is 330 g/mol. The molecule has 0 bridgehead atoms. The molecule has 7 N–H and O–H groups in total. The zero-order valence-electron chi connectivity index (χ0n) is 16.0. The molecule has 1 aromatic rings. The fourth-order valence-corrected chi connectivity index (χ4v) is 2.82. The van der Waals surface area contributed by atoms with Crippen molar-refractivity contribution in [1.82, 2.24) is 10.7 Å². The summed E-state index contributed by atoms with van der Waals surface area (Å²) in [4.78, 5) is 10.7. The van der Waals surface area contributed by atoms with Gasteiger partial charge in [-0.3, -0.25) is 4.79 Å². The zero-order valence-corrected chi connectivity index (χ0v) is 16.0. The highest BCUT2D eigenvalue weighted by Crippen LogP contribution is 2.21. The van der Waals surface area contributed by atoms with Gasteiger partial charge in [0.2, 0.25) is 0 Å². The third-order valence-corrected chi connectivity index (χ3v) is 4.39. The number of hydrogen-bond acceptors (Lipinski definition) is 5. The molecule has 0 spiro atoms. The summed E-state index contributed by atoms with van der Waals surface area (Å²) >= 11 is 0. The van der Waals surface area contributed by atoms with Crippen LogP contribution in [0.15, 0.2) is 29.4 Å². The minimum absolute atomic E-state index is 0.0163. The third kappa shape index (κ3) is 6.50. The van der Waals surface area contributed by atoms with Crippen molar-refractivity contribution in [2.24, 2.45) is 28.6 Å². The number of aliphatic carboxylic acids is 1. The minimum Gasteiger partial charge on any atom is -0.481 e. The Bertz CT molecular complexity index is 668. The number of benzene rings is 1. The Morgan fingerprint density at radius 2 is 2.08 bits per heavy atom. The van der Waals surface area contributed by atoms with Gasteiger partial charge < -0.3 is 21.7 Å². The SMILES string of the molecule is CC(C)C(C/C(=N/N)NN)C(=O)O.Cc1ccc(C2=CCNC2)c(C)c1. The number of carboxylic acids is 1. The van der Waals surface area contributed by atoms with Crippen LogP contribution in [0.4, 0.5) is 0 Å². The molecular formula is C19H31N5O2. The topological polar surface area (TPSA) is 126 Å². The van der Waals surface area contributed by atoms with Gasteiger partial charge in [-0.1, -0.05) is 43.7 Å². The van der Waals surface area contributed by atoms with E-state index < -0.39 is 11.9 Å². The molecule has 0 aromatic heterocycles. The number of hydrazine groups is 1. The number of rotatable bonds is 5. The van der Waals surface area contributed by atoms with E-state index in [0.717, 1.165) is 13.1 Å². The molecule has 2 rings (SSSR count). The van der Waals surface area contributed by atoms with Gasteiger partial charge in [-0.25, -0.2) is 5.84 Å². The van der Waals surface area contributed by atoms with E-state index in [-0.39, 0.29) is 12.3 Å². The van der Waals surface area contributed by atoms with Crippen LogP contribution in [0, 0.1) is 25.7 Å². The Kier molecular flexibility index (Phi) is 8.81. The first-order valence-electron chi connectivity index (χ1n) is 8.73. The van der Waals surface area contributed by atoms with Crippen molar-refractivity contribution in [1.29, 1.82) is 0 Å². The molecule has 7 nitrogen and oxygen atoms in total. The van der Waals surface area contributed by atoms with E-state index in [1.165, 1.54) is 22.3 Å². The van der Waals surface area contributed by atoms with Crippen LogP contribution < -0.4 is 22.4 Å². The van der Waals surface area contributed by atoms with E-state index in [0.29, 0.717) is 5.84 Å². The van der Waals surface area contributed by atoms with Crippen LogP contribution in [0.3, 0.4) is 0 Å². The van der Waals surface area contributed by atoms with E-state index in [9.17, 15) is 4.79 Å². The van der Waals surface area contributed by atoms with Crippen LogP contribution in [0.2, 0.25) is 0 Å². The largest absolute Gasteiger partial charge is 0.481 e. The second-order valence-electron chi connectivity index (χ2n) is 6.79. The van der Waals surface area contributed by atoms with Gasteiger partial charge in [-0.15, -0.1) is 0 Å². The zero-order chi connectivity index (χ0) is 19.7. The molecule has 1 aliphatic rings. The summed E-state index contributed by atoms with van der Waals surface area (Å²) < 4.78 is 0. The number of nitrogens with one attached hydrogen (secondary N) is 2. The summed E-state index contributed by atoms with van der Waals surface area (Å²) in [6.07, 6.45) is 2.50. The van der Waals surface area contributed by atoms with Crippen molar-refractivity contribution < 1.29 is 9.90 Å². The van der Waals surface area contributed by atoms with Gasteiger partial charge in [-0.05, 0) is 36.5 Å². The summed E-state index contributed by atoms with van der Waals surface area (Å²) in [5, 5.41) is 15.5. The first kappa shape index (κ1) is 21.7. The lowest BCUT2D eigenvalue weighted by Gasteiger charge is -2.16. The molecule has 1 atom stereocenters. The quantitative estimate of drug-likeness (QED) is 0.235. The number of aryl methyl sites for hydroxylation is 2. The average molecular weight is 361 g/mol. The Labute approximate surface area is 155 Å². The Morgan fingerprint density at radius 3 is 2.50 bits per heavy atom. The van der Waals surface area contributed by atoms with Crippen molar-refractivity contribution in [2.45, 2.75) is 34.1 Å². The molecule has 1 unspecified atom stereocenters. The molecule has 1 aromatic carbocycles. The van der Waals surface area contributed by atoms with E-state index >= 15 is 0 Å². The van der Waals surface area contributed by atoms with Crippen LogP contribution >= 0.6 is 0 Å². The number of hydrazone groups is 1. The molecule has 1 aliphatic heterocycles. The van der Waals surface area contributed by atoms with Crippen LogP contribution in [-0.2, 0) is 4.79 Å². The molecule has 0 aliphatic carbocycles. The number of nitrogens with zero attached hydrogens (tertiary/aromatic N) is 1. The first-order valence-corrected chi connectivity index (χ1v) is 8.73. The molecule has 1 heterocycles. The number of nitrogens with two attached hydrogens (primary N) is 2. The monoisotopic (exact) mass is 361 g/mol. The van der Waals surface area contributed by atoms with Gasteiger partial charge in [0.25, 0.3) is 0 Å². The van der Waals surface area contributed by atoms with Gasteiger partial charge in [0.05, 0.1) is 5.92 Å². The highest BCUT2D eigenvalue weighted by atomic mass is 16.4. The summed E-state index contributed by atoms with van der Waals surface area (Å²) in [6, 6.07) is 6.65. The summed E-state index contributed by atoms with van der Waals surface area (Å²) in [7, 11) is 0. The second kappa shape index (κ2) is 10.6. The first-order chi connectivity index (χ1) is 12.3. The van der Waals surface area contributed by atoms with Crippen LogP contribution in [0.1, 0.15) is 37.0 Å².